The first-order valence-corrected chi connectivity index (χ1v) is 12.5. The fourth-order valence-corrected chi connectivity index (χ4v) is 4.37. The van der Waals surface area contributed by atoms with E-state index in [0.29, 0.717) is 35.5 Å². The largest absolute Gasteiger partial charge is 0.494 e. The molecular formula is C29H29N5O5. The molecule has 1 aliphatic heterocycles. The van der Waals surface area contributed by atoms with Crippen LogP contribution in [-0.4, -0.2) is 40.9 Å². The summed E-state index contributed by atoms with van der Waals surface area (Å²) < 4.78 is 12.0. The monoisotopic (exact) mass is 527 g/mol. The maximum absolute atomic E-state index is 13.4. The first-order valence-electron chi connectivity index (χ1n) is 12.5. The zero-order valence-electron chi connectivity index (χ0n) is 21.2. The number of benzene rings is 3. The first kappa shape index (κ1) is 27.4. The van der Waals surface area contributed by atoms with Crippen molar-refractivity contribution >= 4 is 17.9 Å². The van der Waals surface area contributed by atoms with E-state index in [0.717, 1.165) is 5.56 Å². The van der Waals surface area contributed by atoms with Crippen LogP contribution < -0.4 is 10.2 Å². The van der Waals surface area contributed by atoms with E-state index in [9.17, 15) is 10.0 Å². The zero-order chi connectivity index (χ0) is 27.5. The number of nitrogens with zero attached hydrogens (tertiary/aromatic N) is 4. The van der Waals surface area contributed by atoms with Gasteiger partial charge in [0.2, 0.25) is 5.90 Å². The minimum Gasteiger partial charge on any atom is -0.494 e. The van der Waals surface area contributed by atoms with Crippen molar-refractivity contribution in [2.45, 2.75) is 31.0 Å². The summed E-state index contributed by atoms with van der Waals surface area (Å²) >= 11 is 0. The predicted octanol–water partition coefficient (Wildman–Crippen LogP) is 5.12. The number of nitrogens with one attached hydrogen (secondary N) is 1. The van der Waals surface area contributed by atoms with Crippen LogP contribution in [0, 0.1) is 0 Å². The van der Waals surface area contributed by atoms with Gasteiger partial charge in [-0.15, -0.1) is 0 Å². The number of hydrogen-bond acceptors (Lipinski definition) is 7. The molecule has 1 amide bonds. The molecule has 0 aliphatic carbocycles. The molecule has 200 valence electrons. The lowest BCUT2D eigenvalue weighted by atomic mass is 9.82. The average molecular weight is 528 g/mol. The van der Waals surface area contributed by atoms with Gasteiger partial charge in [-0.1, -0.05) is 71.9 Å². The smallest absolute Gasteiger partial charge is 0.275 e. The molecule has 3 aromatic rings. The van der Waals surface area contributed by atoms with Crippen molar-refractivity contribution < 1.29 is 24.6 Å². The normalized spacial score (nSPS) is 18.2. The van der Waals surface area contributed by atoms with Crippen LogP contribution >= 0.6 is 0 Å². The third kappa shape index (κ3) is 6.45. The van der Waals surface area contributed by atoms with Crippen LogP contribution in [0.4, 0.5) is 0 Å². The second-order valence-electron chi connectivity index (χ2n) is 8.83. The van der Waals surface area contributed by atoms with E-state index in [4.69, 9.17) is 25.1 Å². The third-order valence-electron chi connectivity index (χ3n) is 6.31. The van der Waals surface area contributed by atoms with Gasteiger partial charge in [0.25, 0.3) is 5.91 Å². The second kappa shape index (κ2) is 13.3. The van der Waals surface area contributed by atoms with Crippen LogP contribution in [-0.2, 0) is 16.1 Å². The Labute approximate surface area is 225 Å². The Morgan fingerprint density at radius 2 is 1.87 bits per heavy atom. The molecule has 0 saturated carbocycles. The van der Waals surface area contributed by atoms with Gasteiger partial charge in [-0.05, 0) is 46.5 Å². The molecular weight excluding hydrogens is 498 g/mol. The molecule has 0 aromatic heterocycles. The molecule has 1 aliphatic rings. The van der Waals surface area contributed by atoms with Crippen molar-refractivity contribution in [3.63, 3.8) is 0 Å². The number of aliphatic imine (C=N–C) groups is 1. The molecule has 10 nitrogen and oxygen atoms in total. The number of rotatable bonds is 12. The Bertz CT molecular complexity index is 1370. The van der Waals surface area contributed by atoms with E-state index in [1.807, 2.05) is 42.5 Å². The van der Waals surface area contributed by atoms with Gasteiger partial charge in [0.1, 0.15) is 5.75 Å². The molecule has 3 aromatic carbocycles. The number of amides is 1. The molecule has 3 N–H and O–H groups in total. The van der Waals surface area contributed by atoms with Gasteiger partial charge in [0, 0.05) is 29.9 Å². The van der Waals surface area contributed by atoms with Crippen molar-refractivity contribution in [3.8, 4) is 5.75 Å². The quantitative estimate of drug-likeness (QED) is 0.0746. The van der Waals surface area contributed by atoms with Gasteiger partial charge < -0.3 is 14.6 Å². The number of carbonyl (C=O) groups excluding carboxylic acids is 1. The number of hydrogen-bond donors (Lipinski definition) is 3. The van der Waals surface area contributed by atoms with Crippen LogP contribution in [0.2, 0.25) is 0 Å². The number of aliphatic hydroxyl groups excluding tert-OH is 1. The van der Waals surface area contributed by atoms with E-state index in [1.54, 1.807) is 54.0 Å². The zero-order valence-corrected chi connectivity index (χ0v) is 21.2. The highest BCUT2D eigenvalue weighted by molar-refractivity contribution is 6.01. The molecule has 1 heterocycles. The van der Waals surface area contributed by atoms with E-state index in [1.165, 1.54) is 0 Å². The number of azide groups is 1. The van der Waals surface area contributed by atoms with Crippen molar-refractivity contribution in [2.75, 3.05) is 13.2 Å². The summed E-state index contributed by atoms with van der Waals surface area (Å²) in [6, 6.07) is 23.9. The number of ether oxygens (including phenoxy) is 2. The number of aliphatic hydroxyl groups is 1. The topological polar surface area (TPSA) is 149 Å². The van der Waals surface area contributed by atoms with Crippen molar-refractivity contribution in [3.05, 3.63) is 118 Å². The van der Waals surface area contributed by atoms with Crippen molar-refractivity contribution in [2.24, 2.45) is 10.1 Å². The minimum atomic E-state index is -1.56. The summed E-state index contributed by atoms with van der Waals surface area (Å²) in [5.74, 6) is 0.104. The van der Waals surface area contributed by atoms with Gasteiger partial charge in [0.15, 0.2) is 11.6 Å². The maximum atomic E-state index is 13.4. The molecule has 0 bridgehead atoms. The lowest BCUT2D eigenvalue weighted by Crippen LogP contribution is -2.47. The van der Waals surface area contributed by atoms with Crippen LogP contribution in [0.5, 0.6) is 5.75 Å². The van der Waals surface area contributed by atoms with E-state index in [2.05, 4.69) is 10.0 Å². The van der Waals surface area contributed by atoms with Crippen LogP contribution in [0.1, 0.15) is 41.2 Å². The summed E-state index contributed by atoms with van der Waals surface area (Å²) in [5.41, 5.74) is 12.0. The van der Waals surface area contributed by atoms with E-state index in [-0.39, 0.29) is 25.5 Å². The standard InChI is InChI=1S/C29H29N5O5/c30-34-31-20-23-11-4-5-12-25(23)26-29(28(36)33-37,17-6-10-21-8-2-1-3-9-21)32-27(39-26)22-13-15-24(16-14-22)38-19-7-18-35/h1-6,8-16,26,35,37H,7,17-20H2,(H,33,36)/b10-6+/t26-,29-/m0/s1. The minimum absolute atomic E-state index is 0.0407. The Kier molecular flexibility index (Phi) is 9.31. The van der Waals surface area contributed by atoms with Crippen molar-refractivity contribution in [1.29, 1.82) is 0 Å². The van der Waals surface area contributed by atoms with Crippen LogP contribution in [0.15, 0.2) is 95.0 Å². The van der Waals surface area contributed by atoms with Gasteiger partial charge in [-0.2, -0.15) is 0 Å². The Morgan fingerprint density at radius 3 is 2.59 bits per heavy atom. The molecule has 4 rings (SSSR count). The molecule has 2 atom stereocenters. The molecule has 0 saturated heterocycles. The Morgan fingerprint density at radius 1 is 1.13 bits per heavy atom. The average Bonchev–Trinajstić information content (AvgIpc) is 3.37. The Balaban J connectivity index is 1.75. The van der Waals surface area contributed by atoms with Crippen molar-refractivity contribution in [1.82, 2.24) is 5.48 Å². The Hall–Kier alpha value is -4.63. The molecule has 0 fully saturated rings. The SMILES string of the molecule is [N-]=[N+]=NCc1ccccc1[C@@H]1OC(c2ccc(OCCCO)cc2)=N[C@]1(C/C=C/c1ccccc1)C(=O)NO. The summed E-state index contributed by atoms with van der Waals surface area (Å²) in [5, 5.41) is 22.5. The van der Waals surface area contributed by atoms with Gasteiger partial charge in [0.05, 0.1) is 13.2 Å². The van der Waals surface area contributed by atoms with Crippen LogP contribution in [0.25, 0.3) is 16.5 Å². The van der Waals surface area contributed by atoms with Gasteiger partial charge in [-0.25, -0.2) is 10.5 Å². The highest BCUT2D eigenvalue weighted by atomic mass is 16.5. The van der Waals surface area contributed by atoms with E-state index >= 15 is 0 Å². The molecule has 0 spiro atoms. The summed E-state index contributed by atoms with van der Waals surface area (Å²) in [4.78, 5) is 21.0. The number of carbonyl (C=O) groups is 1. The molecule has 0 unspecified atom stereocenters. The molecule has 39 heavy (non-hydrogen) atoms. The number of hydroxylamine groups is 1. The lowest BCUT2D eigenvalue weighted by Gasteiger charge is -2.29. The van der Waals surface area contributed by atoms with Crippen LogP contribution in [0.3, 0.4) is 0 Å². The maximum Gasteiger partial charge on any atom is 0.275 e. The molecule has 0 radical (unpaired) electrons. The fraction of sp³-hybridized carbons (Fsp3) is 0.241. The lowest BCUT2D eigenvalue weighted by molar-refractivity contribution is -0.137. The highest BCUT2D eigenvalue weighted by Crippen LogP contribution is 2.44. The van der Waals surface area contributed by atoms with E-state index < -0.39 is 17.6 Å². The first-order chi connectivity index (χ1) is 19.1. The predicted molar refractivity (Wildman–Crippen MR) is 146 cm³/mol. The fourth-order valence-electron chi connectivity index (χ4n) is 4.37. The van der Waals surface area contributed by atoms with Gasteiger partial charge in [-0.3, -0.25) is 10.0 Å². The summed E-state index contributed by atoms with van der Waals surface area (Å²) in [6.45, 7) is 0.474. The second-order valence-corrected chi connectivity index (χ2v) is 8.83. The highest BCUT2D eigenvalue weighted by Gasteiger charge is 2.53. The van der Waals surface area contributed by atoms with Gasteiger partial charge >= 0.3 is 0 Å². The molecule has 10 heteroatoms. The summed E-state index contributed by atoms with van der Waals surface area (Å²) in [7, 11) is 0. The summed E-state index contributed by atoms with van der Waals surface area (Å²) in [6.07, 6.45) is 3.40. The third-order valence-corrected chi connectivity index (χ3v) is 6.31.